The molecule has 1 fully saturated rings. The fraction of sp³-hybridized carbons (Fsp3) is 0.545. The second-order valence-electron chi connectivity index (χ2n) is 7.88. The number of aromatic nitrogens is 2. The molecule has 1 aliphatic heterocycles. The summed E-state index contributed by atoms with van der Waals surface area (Å²) < 4.78 is 0. The third-order valence-electron chi connectivity index (χ3n) is 5.63. The zero-order valence-electron chi connectivity index (χ0n) is 18.2. The minimum Gasteiger partial charge on any atom is -0.396 e. The maximum absolute atomic E-state index is 11.3. The van der Waals surface area contributed by atoms with Gasteiger partial charge in [-0.2, -0.15) is 5.10 Å². The summed E-state index contributed by atoms with van der Waals surface area (Å²) in [5, 5.41) is 27.5. The molecule has 1 aliphatic rings. The molecule has 0 unspecified atom stereocenters. The van der Waals surface area contributed by atoms with Crippen molar-refractivity contribution in [2.45, 2.75) is 46.1 Å². The number of aromatic amines is 1. The average molecular weight is 439 g/mol. The van der Waals surface area contributed by atoms with Gasteiger partial charge in [-0.05, 0) is 42.7 Å². The second kappa shape index (κ2) is 11.9. The molecule has 0 bridgehead atoms. The Labute approximate surface area is 183 Å². The third kappa shape index (κ3) is 6.20. The number of rotatable bonds is 4. The van der Waals surface area contributed by atoms with Gasteiger partial charge in [0.25, 0.3) is 0 Å². The lowest BCUT2D eigenvalue weighted by atomic mass is 9.68. The maximum atomic E-state index is 11.3. The summed E-state index contributed by atoms with van der Waals surface area (Å²) in [4.78, 5) is 13.0. The van der Waals surface area contributed by atoms with Crippen LogP contribution in [0.4, 0.5) is 4.79 Å². The quantitative estimate of drug-likeness (QED) is 0.533. The number of carbonyl (C=O) groups is 1. The van der Waals surface area contributed by atoms with Crippen molar-refractivity contribution in [2.75, 3.05) is 19.7 Å². The van der Waals surface area contributed by atoms with Crippen molar-refractivity contribution >= 4 is 28.5 Å². The van der Waals surface area contributed by atoms with Crippen molar-refractivity contribution in [3.63, 3.8) is 0 Å². The summed E-state index contributed by atoms with van der Waals surface area (Å²) in [5.41, 5.74) is 6.56. The van der Waals surface area contributed by atoms with E-state index in [9.17, 15) is 9.90 Å². The van der Waals surface area contributed by atoms with E-state index in [2.05, 4.69) is 37.2 Å². The summed E-state index contributed by atoms with van der Waals surface area (Å²) >= 11 is 6.20. The van der Waals surface area contributed by atoms with Gasteiger partial charge in [0.05, 0.1) is 17.8 Å². The van der Waals surface area contributed by atoms with Crippen LogP contribution in [0.2, 0.25) is 5.02 Å². The summed E-state index contributed by atoms with van der Waals surface area (Å²) in [7, 11) is 0. The van der Waals surface area contributed by atoms with Crippen LogP contribution in [0.1, 0.15) is 51.7 Å². The third-order valence-corrected chi connectivity index (χ3v) is 5.84. The molecule has 1 aromatic heterocycles. The first-order valence-electron chi connectivity index (χ1n) is 10.2. The van der Waals surface area contributed by atoms with E-state index in [1.54, 1.807) is 17.2 Å². The topological polar surface area (TPSA) is 115 Å². The Hall–Kier alpha value is -2.09. The first kappa shape index (κ1) is 25.9. The molecule has 0 spiro atoms. The summed E-state index contributed by atoms with van der Waals surface area (Å²) in [5.74, 6) is 0.278. The van der Waals surface area contributed by atoms with E-state index in [1.165, 1.54) is 0 Å². The van der Waals surface area contributed by atoms with Crippen molar-refractivity contribution in [2.24, 2.45) is 17.1 Å². The molecule has 0 saturated carbocycles. The van der Waals surface area contributed by atoms with Gasteiger partial charge < -0.3 is 20.8 Å². The summed E-state index contributed by atoms with van der Waals surface area (Å²) in [6.45, 7) is 13.6. The number of benzene rings is 1. The first-order chi connectivity index (χ1) is 14.2. The van der Waals surface area contributed by atoms with E-state index in [0.29, 0.717) is 24.7 Å². The van der Waals surface area contributed by atoms with Crippen LogP contribution in [0.15, 0.2) is 31.5 Å². The Morgan fingerprint density at radius 3 is 2.47 bits per heavy atom. The van der Waals surface area contributed by atoms with Gasteiger partial charge in [-0.3, -0.25) is 5.10 Å². The zero-order valence-corrected chi connectivity index (χ0v) is 19.0. The fourth-order valence-corrected chi connectivity index (χ4v) is 3.97. The Kier molecular flexibility index (Phi) is 10.3. The van der Waals surface area contributed by atoms with Crippen molar-refractivity contribution in [3.8, 4) is 0 Å². The molecule has 0 radical (unpaired) electrons. The van der Waals surface area contributed by atoms with Gasteiger partial charge in [-0.15, -0.1) is 13.2 Å². The number of primary amides is 1. The smallest absolute Gasteiger partial charge is 0.314 e. The molecule has 30 heavy (non-hydrogen) atoms. The lowest BCUT2D eigenvalue weighted by molar-refractivity contribution is -0.0140. The highest BCUT2D eigenvalue weighted by atomic mass is 35.5. The summed E-state index contributed by atoms with van der Waals surface area (Å²) in [6, 6.07) is 3.25. The number of hydrogen-bond donors (Lipinski definition) is 4. The molecule has 2 heterocycles. The molecule has 7 nitrogen and oxygen atoms in total. The number of H-pyrrole nitrogens is 1. The largest absolute Gasteiger partial charge is 0.396 e. The number of carbonyl (C=O) groups excluding carboxylic acids is 1. The van der Waals surface area contributed by atoms with Gasteiger partial charge >= 0.3 is 6.03 Å². The molecule has 2 aromatic rings. The highest BCUT2D eigenvalue weighted by Gasteiger charge is 2.40. The molecular weight excluding hydrogens is 404 g/mol. The van der Waals surface area contributed by atoms with Crippen LogP contribution in [0.25, 0.3) is 10.9 Å². The minimum atomic E-state index is -0.690. The summed E-state index contributed by atoms with van der Waals surface area (Å²) in [6.07, 6.45) is 3.53. The lowest BCUT2D eigenvalue weighted by Crippen LogP contribution is -2.45. The lowest BCUT2D eigenvalue weighted by Gasteiger charge is -2.43. The van der Waals surface area contributed by atoms with E-state index < -0.39 is 6.10 Å². The number of aliphatic hydroxyl groups excluding tert-OH is 2. The van der Waals surface area contributed by atoms with E-state index in [1.807, 2.05) is 13.0 Å². The SMILES string of the molecule is C=C.CC(C)(C1CCN(C(N)=O)CC1)[C@H](O)c1cc(Cl)cc2cn[nH]c12.CCCO. The van der Waals surface area contributed by atoms with Gasteiger partial charge in [-0.1, -0.05) is 32.4 Å². The van der Waals surface area contributed by atoms with Crippen molar-refractivity contribution in [1.29, 1.82) is 0 Å². The number of amides is 2. The maximum Gasteiger partial charge on any atom is 0.314 e. The Morgan fingerprint density at radius 1 is 1.40 bits per heavy atom. The second-order valence-corrected chi connectivity index (χ2v) is 8.31. The molecule has 168 valence electrons. The predicted octanol–water partition coefficient (Wildman–Crippen LogP) is 4.26. The zero-order chi connectivity index (χ0) is 22.9. The molecule has 0 aliphatic carbocycles. The molecular formula is C22H35ClN4O3. The Morgan fingerprint density at radius 2 is 1.97 bits per heavy atom. The number of likely N-dealkylation sites (tertiary alicyclic amines) is 1. The Balaban J connectivity index is 0.000000673. The molecule has 3 rings (SSSR count). The van der Waals surface area contributed by atoms with Crippen LogP contribution >= 0.6 is 11.6 Å². The van der Waals surface area contributed by atoms with E-state index in [0.717, 1.165) is 35.7 Å². The van der Waals surface area contributed by atoms with Crippen molar-refractivity contribution < 1.29 is 15.0 Å². The van der Waals surface area contributed by atoms with Crippen LogP contribution in [-0.2, 0) is 0 Å². The van der Waals surface area contributed by atoms with Crippen LogP contribution in [0.5, 0.6) is 0 Å². The Bertz CT molecular complexity index is 799. The normalized spacial score (nSPS) is 15.6. The fourth-order valence-electron chi connectivity index (χ4n) is 3.73. The van der Waals surface area contributed by atoms with Crippen LogP contribution < -0.4 is 5.73 Å². The predicted molar refractivity (Wildman–Crippen MR) is 122 cm³/mol. The highest BCUT2D eigenvalue weighted by molar-refractivity contribution is 6.31. The monoisotopic (exact) mass is 438 g/mol. The number of piperidine rings is 1. The number of halogens is 1. The number of fused-ring (bicyclic) bond motifs is 1. The molecule has 8 heteroatoms. The van der Waals surface area contributed by atoms with Gasteiger partial charge in [-0.25, -0.2) is 4.79 Å². The van der Waals surface area contributed by atoms with E-state index >= 15 is 0 Å². The van der Waals surface area contributed by atoms with Crippen LogP contribution in [0, 0.1) is 11.3 Å². The number of nitrogens with two attached hydrogens (primary N) is 1. The number of nitrogens with one attached hydrogen (secondary N) is 1. The minimum absolute atomic E-state index is 0.278. The van der Waals surface area contributed by atoms with Gasteiger partial charge in [0.15, 0.2) is 0 Å². The number of aliphatic hydroxyl groups is 2. The molecule has 1 aromatic carbocycles. The highest BCUT2D eigenvalue weighted by Crippen LogP contribution is 2.46. The molecule has 1 atom stereocenters. The van der Waals surface area contributed by atoms with Crippen molar-refractivity contribution in [1.82, 2.24) is 15.1 Å². The first-order valence-corrected chi connectivity index (χ1v) is 10.6. The van der Waals surface area contributed by atoms with E-state index in [-0.39, 0.29) is 17.4 Å². The standard InChI is InChI=1S/C17H23ClN4O2.C3H8O.C2H4/c1-17(2,11-3-5-22(6-4-11)16(19)24)15(23)13-8-12(18)7-10-9-20-21-14(10)13;1-2-3-4;1-2/h7-9,11,15,23H,3-6H2,1-2H3,(H2,19,24)(H,20,21);4H,2-3H2,1H3;1-2H2/t15-;;/m1../s1. The molecule has 2 amide bonds. The van der Waals surface area contributed by atoms with Crippen LogP contribution in [0.3, 0.4) is 0 Å². The number of nitrogens with zero attached hydrogens (tertiary/aromatic N) is 2. The van der Waals surface area contributed by atoms with Crippen molar-refractivity contribution in [3.05, 3.63) is 42.1 Å². The van der Waals surface area contributed by atoms with Crippen LogP contribution in [-0.4, -0.2) is 51.0 Å². The average Bonchev–Trinajstić information content (AvgIpc) is 3.22. The van der Waals surface area contributed by atoms with Gasteiger partial charge in [0.2, 0.25) is 0 Å². The van der Waals surface area contributed by atoms with E-state index in [4.69, 9.17) is 22.4 Å². The number of urea groups is 1. The number of hydrogen-bond acceptors (Lipinski definition) is 4. The molecule has 5 N–H and O–H groups in total. The van der Waals surface area contributed by atoms with Gasteiger partial charge in [0.1, 0.15) is 0 Å². The van der Waals surface area contributed by atoms with Gasteiger partial charge in [0, 0.05) is 35.7 Å². The molecule has 1 saturated heterocycles.